The van der Waals surface area contributed by atoms with E-state index in [9.17, 15) is 13.2 Å². The summed E-state index contributed by atoms with van der Waals surface area (Å²) in [4.78, 5) is 25.8. The Morgan fingerprint density at radius 1 is 1.37 bits per heavy atom. The van der Waals surface area contributed by atoms with Crippen molar-refractivity contribution in [2.75, 3.05) is 17.6 Å². The molecule has 0 unspecified atom stereocenters. The minimum atomic E-state index is -3.39. The van der Waals surface area contributed by atoms with Crippen molar-refractivity contribution in [1.29, 1.82) is 0 Å². The number of nitrogens with zero attached hydrogens (tertiary/aromatic N) is 5. The van der Waals surface area contributed by atoms with E-state index in [0.29, 0.717) is 29.5 Å². The zero-order chi connectivity index (χ0) is 21.5. The van der Waals surface area contributed by atoms with E-state index in [1.165, 1.54) is 6.20 Å². The Morgan fingerprint density at radius 2 is 2.10 bits per heavy atom. The van der Waals surface area contributed by atoms with E-state index in [4.69, 9.17) is 11.6 Å². The predicted octanol–water partition coefficient (Wildman–Crippen LogP) is 2.93. The van der Waals surface area contributed by atoms with Crippen LogP contribution in [0.1, 0.15) is 45.6 Å². The summed E-state index contributed by atoms with van der Waals surface area (Å²) in [5.74, 6) is 1.04. The molecule has 0 amide bonds. The highest BCUT2D eigenvalue weighted by molar-refractivity contribution is 7.93. The van der Waals surface area contributed by atoms with Crippen LogP contribution in [0.2, 0.25) is 5.28 Å². The fourth-order valence-electron chi connectivity index (χ4n) is 3.73. The van der Waals surface area contributed by atoms with Crippen LogP contribution in [-0.4, -0.2) is 40.2 Å². The third kappa shape index (κ3) is 4.42. The van der Waals surface area contributed by atoms with Crippen LogP contribution < -0.4 is 10.9 Å². The number of rotatable bonds is 6. The number of hydrogen-bond donors (Lipinski definition) is 1. The Morgan fingerprint density at radius 3 is 2.77 bits per heavy atom. The van der Waals surface area contributed by atoms with Crippen LogP contribution in [0.15, 0.2) is 11.0 Å². The predicted molar refractivity (Wildman–Crippen MR) is 115 cm³/mol. The molecule has 9 nitrogen and oxygen atoms in total. The van der Waals surface area contributed by atoms with Gasteiger partial charge in [-0.05, 0) is 63.0 Å². The van der Waals surface area contributed by atoms with Gasteiger partial charge >= 0.3 is 16.1 Å². The van der Waals surface area contributed by atoms with Crippen LogP contribution in [0.3, 0.4) is 0 Å². The molecule has 0 spiro atoms. The standard InChI is InChI=1S/C19H24ClN6O3S/c1-3-30(28,29)23-9-13-6-12(7-13)8-21-16-18(27)26(11(2)14-4-5-14)17-15(24-16)10-22-19(20)25-17/h10-14H,3-8H2,1-2H3,(H,21,24)/q+1/t11-,12?,13?/m0/s1. The molecule has 0 aromatic carbocycles. The van der Waals surface area contributed by atoms with Gasteiger partial charge in [-0.1, -0.05) is 0 Å². The fourth-order valence-corrected chi connectivity index (χ4v) is 4.30. The van der Waals surface area contributed by atoms with Crippen molar-refractivity contribution in [3.05, 3.63) is 26.1 Å². The zero-order valence-electron chi connectivity index (χ0n) is 16.9. The molecule has 0 radical (unpaired) electrons. The highest BCUT2D eigenvalue weighted by Crippen LogP contribution is 2.39. The molecule has 11 heteroatoms. The second kappa shape index (κ2) is 8.12. The number of hydrogen-bond acceptors (Lipinski definition) is 7. The molecule has 2 aromatic heterocycles. The van der Waals surface area contributed by atoms with Crippen LogP contribution in [0.5, 0.6) is 0 Å². The molecule has 0 aliphatic heterocycles. The monoisotopic (exact) mass is 451 g/mol. The molecule has 30 heavy (non-hydrogen) atoms. The van der Waals surface area contributed by atoms with E-state index < -0.39 is 10.0 Å². The molecule has 160 valence electrons. The van der Waals surface area contributed by atoms with Gasteiger partial charge in [0, 0.05) is 12.6 Å². The van der Waals surface area contributed by atoms with Crippen molar-refractivity contribution in [3.63, 3.8) is 0 Å². The third-order valence-corrected chi connectivity index (χ3v) is 7.14. The number of sulfonamides is 1. The summed E-state index contributed by atoms with van der Waals surface area (Å²) in [6.45, 7) is 4.15. The Kier molecular flexibility index (Phi) is 5.68. The maximum Gasteiger partial charge on any atom is 0.478 e. The molecule has 2 aromatic rings. The molecule has 2 saturated carbocycles. The Balaban J connectivity index is 1.50. The highest BCUT2D eigenvalue weighted by atomic mass is 35.5. The zero-order valence-corrected chi connectivity index (χ0v) is 18.4. The molecule has 1 atom stereocenters. The van der Waals surface area contributed by atoms with Gasteiger partial charge < -0.3 is 5.32 Å². The maximum atomic E-state index is 13.1. The molecular weight excluding hydrogens is 428 g/mol. The number of aromatic nitrogens is 4. The van der Waals surface area contributed by atoms with E-state index in [0.717, 1.165) is 25.7 Å². The first-order valence-corrected chi connectivity index (χ1v) is 12.1. The SMILES string of the molecule is CCS(=O)(=O)[N+]#CC1CC(CNc2nc3cnc(Cl)nc3n([C@@H](C)C3CC3)c2=O)C1. The molecule has 2 aliphatic carbocycles. The first kappa shape index (κ1) is 21.0. The summed E-state index contributed by atoms with van der Waals surface area (Å²) < 4.78 is 28.1. The van der Waals surface area contributed by atoms with Gasteiger partial charge in [-0.3, -0.25) is 9.36 Å². The average Bonchev–Trinajstić information content (AvgIpc) is 3.51. The van der Waals surface area contributed by atoms with Crippen LogP contribution in [0.25, 0.3) is 15.4 Å². The van der Waals surface area contributed by atoms with Crippen LogP contribution >= 0.6 is 11.6 Å². The molecule has 2 aliphatic rings. The fraction of sp³-hybridized carbons (Fsp3) is 0.632. The first-order chi connectivity index (χ1) is 14.3. The van der Waals surface area contributed by atoms with Gasteiger partial charge in [-0.25, -0.2) is 9.97 Å². The van der Waals surface area contributed by atoms with Crippen molar-refractivity contribution >= 4 is 38.6 Å². The lowest BCUT2D eigenvalue weighted by Crippen LogP contribution is -2.33. The van der Waals surface area contributed by atoms with Gasteiger partial charge in [0.25, 0.3) is 5.56 Å². The van der Waals surface area contributed by atoms with Gasteiger partial charge in [0.1, 0.15) is 11.3 Å². The summed E-state index contributed by atoms with van der Waals surface area (Å²) in [5, 5.41) is 3.26. The van der Waals surface area contributed by atoms with E-state index in [1.54, 1.807) is 11.5 Å². The lowest BCUT2D eigenvalue weighted by atomic mass is 9.76. The van der Waals surface area contributed by atoms with Crippen molar-refractivity contribution < 1.29 is 8.42 Å². The van der Waals surface area contributed by atoms with Crippen molar-refractivity contribution in [2.45, 2.75) is 45.6 Å². The van der Waals surface area contributed by atoms with Crippen LogP contribution in [-0.2, 0) is 10.0 Å². The minimum Gasteiger partial charge on any atom is -0.365 e. The van der Waals surface area contributed by atoms with Gasteiger partial charge in [0.05, 0.1) is 16.4 Å². The molecule has 1 N–H and O–H groups in total. The molecule has 0 saturated heterocycles. The average molecular weight is 452 g/mol. The van der Waals surface area contributed by atoms with Gasteiger partial charge in [0.2, 0.25) is 5.28 Å². The summed E-state index contributed by atoms with van der Waals surface area (Å²) >= 11 is 5.96. The van der Waals surface area contributed by atoms with Crippen LogP contribution in [0.4, 0.5) is 5.82 Å². The Labute approximate surface area is 179 Å². The summed E-state index contributed by atoms with van der Waals surface area (Å²) in [6, 6.07) is 2.73. The Bertz CT molecular complexity index is 1190. The largest absolute Gasteiger partial charge is 0.478 e. The summed E-state index contributed by atoms with van der Waals surface area (Å²) in [5.41, 5.74) is 0.761. The van der Waals surface area contributed by atoms with Crippen molar-refractivity contribution in [3.8, 4) is 6.07 Å². The van der Waals surface area contributed by atoms with E-state index >= 15 is 0 Å². The smallest absolute Gasteiger partial charge is 0.365 e. The molecular formula is C19H24ClN6O3S+. The van der Waals surface area contributed by atoms with E-state index in [-0.39, 0.29) is 34.4 Å². The first-order valence-electron chi connectivity index (χ1n) is 10.2. The topological polar surface area (TPSA) is 111 Å². The highest BCUT2D eigenvalue weighted by Gasteiger charge is 2.34. The molecule has 0 bridgehead atoms. The van der Waals surface area contributed by atoms with Crippen LogP contribution in [0, 0.1) is 23.8 Å². The maximum absolute atomic E-state index is 13.1. The van der Waals surface area contributed by atoms with Gasteiger partial charge in [-0.2, -0.15) is 4.98 Å². The summed E-state index contributed by atoms with van der Waals surface area (Å²) in [7, 11) is -3.39. The number of halogens is 1. The lowest BCUT2D eigenvalue weighted by molar-refractivity contribution is 0.262. The Hall–Kier alpha value is -2.25. The molecule has 2 heterocycles. The van der Waals surface area contributed by atoms with Crippen molar-refractivity contribution in [2.24, 2.45) is 17.8 Å². The number of fused-ring (bicyclic) bond motifs is 1. The summed E-state index contributed by atoms with van der Waals surface area (Å²) in [6.07, 6.45) is 5.26. The van der Waals surface area contributed by atoms with E-state index in [1.807, 2.05) is 6.92 Å². The number of anilines is 1. The minimum absolute atomic E-state index is 0.00826. The molecule has 2 fully saturated rings. The second-order valence-electron chi connectivity index (χ2n) is 8.07. The second-order valence-corrected chi connectivity index (χ2v) is 10.3. The van der Waals surface area contributed by atoms with Gasteiger partial charge in [0.15, 0.2) is 11.5 Å². The van der Waals surface area contributed by atoms with E-state index in [2.05, 4.69) is 30.6 Å². The van der Waals surface area contributed by atoms with Gasteiger partial charge in [-0.15, -0.1) is 8.42 Å². The molecule has 4 rings (SSSR count). The number of nitrogens with one attached hydrogen (secondary N) is 1. The lowest BCUT2D eigenvalue weighted by Gasteiger charge is -2.29. The quantitative estimate of drug-likeness (QED) is 0.672. The third-order valence-electron chi connectivity index (χ3n) is 5.85. The van der Waals surface area contributed by atoms with Crippen molar-refractivity contribution in [1.82, 2.24) is 19.5 Å². The normalized spacial score (nSPS) is 22.1.